The molecular formula is C17H22N4O2. The second kappa shape index (κ2) is 5.85. The number of piperidine rings is 1. The predicted octanol–water partition coefficient (Wildman–Crippen LogP) is 1.67. The third kappa shape index (κ3) is 2.67. The van der Waals surface area contributed by atoms with E-state index < -0.39 is 0 Å². The highest BCUT2D eigenvalue weighted by Gasteiger charge is 2.39. The number of carbonyl (C=O) groups is 1. The average Bonchev–Trinajstić information content (AvgIpc) is 3.22. The van der Waals surface area contributed by atoms with Gasteiger partial charge in [0.2, 0.25) is 11.9 Å². The second-order valence-corrected chi connectivity index (χ2v) is 6.53. The highest BCUT2D eigenvalue weighted by atomic mass is 16.5. The molecule has 122 valence electrons. The van der Waals surface area contributed by atoms with E-state index in [2.05, 4.69) is 14.9 Å². The van der Waals surface area contributed by atoms with E-state index in [1.54, 1.807) is 0 Å². The van der Waals surface area contributed by atoms with Crippen molar-refractivity contribution in [1.82, 2.24) is 9.97 Å². The van der Waals surface area contributed by atoms with Gasteiger partial charge in [-0.25, -0.2) is 4.98 Å². The van der Waals surface area contributed by atoms with Crippen molar-refractivity contribution in [2.75, 3.05) is 24.6 Å². The van der Waals surface area contributed by atoms with Gasteiger partial charge in [0.1, 0.15) is 0 Å². The van der Waals surface area contributed by atoms with Crippen LogP contribution in [0, 0.1) is 11.8 Å². The Hall–Kier alpha value is -2.08. The van der Waals surface area contributed by atoms with Gasteiger partial charge in [0.15, 0.2) is 0 Å². The molecule has 2 aromatic rings. The number of primary amides is 1. The summed E-state index contributed by atoms with van der Waals surface area (Å²) in [4.78, 5) is 21.9. The fourth-order valence-corrected chi connectivity index (χ4v) is 3.91. The van der Waals surface area contributed by atoms with Crippen molar-refractivity contribution in [3.05, 3.63) is 24.3 Å². The number of aromatic nitrogens is 2. The summed E-state index contributed by atoms with van der Waals surface area (Å²) in [6, 6.07) is 8.08. The minimum absolute atomic E-state index is 0.00493. The summed E-state index contributed by atoms with van der Waals surface area (Å²) < 4.78 is 5.81. The van der Waals surface area contributed by atoms with Crippen LogP contribution in [0.15, 0.2) is 24.3 Å². The summed E-state index contributed by atoms with van der Waals surface area (Å²) in [5.74, 6) is 1.02. The number of carbonyl (C=O) groups excluding carboxylic acids is 1. The first kappa shape index (κ1) is 14.5. The predicted molar refractivity (Wildman–Crippen MR) is 88.1 cm³/mol. The van der Waals surface area contributed by atoms with Crippen LogP contribution in [0.4, 0.5) is 5.95 Å². The minimum Gasteiger partial charge on any atom is -0.377 e. The van der Waals surface area contributed by atoms with Crippen LogP contribution >= 0.6 is 0 Å². The van der Waals surface area contributed by atoms with Crippen LogP contribution in [0.2, 0.25) is 0 Å². The lowest BCUT2D eigenvalue weighted by atomic mass is 9.84. The number of fused-ring (bicyclic) bond motifs is 1. The number of H-pyrrole nitrogens is 1. The molecule has 0 aliphatic carbocycles. The van der Waals surface area contributed by atoms with Crippen LogP contribution in [0.25, 0.3) is 11.0 Å². The second-order valence-electron chi connectivity index (χ2n) is 6.53. The summed E-state index contributed by atoms with van der Waals surface area (Å²) in [5.41, 5.74) is 7.58. The zero-order chi connectivity index (χ0) is 15.8. The van der Waals surface area contributed by atoms with Gasteiger partial charge in [-0.1, -0.05) is 12.1 Å². The molecule has 3 N–H and O–H groups in total. The van der Waals surface area contributed by atoms with Crippen molar-refractivity contribution in [2.24, 2.45) is 17.6 Å². The molecule has 2 saturated heterocycles. The topological polar surface area (TPSA) is 84.2 Å². The van der Waals surface area contributed by atoms with Crippen LogP contribution in [0.5, 0.6) is 0 Å². The van der Waals surface area contributed by atoms with Crippen LogP contribution in [-0.2, 0) is 9.53 Å². The molecule has 0 bridgehead atoms. The summed E-state index contributed by atoms with van der Waals surface area (Å²) >= 11 is 0. The Morgan fingerprint density at radius 3 is 2.78 bits per heavy atom. The van der Waals surface area contributed by atoms with Crippen LogP contribution in [0.1, 0.15) is 19.3 Å². The van der Waals surface area contributed by atoms with E-state index in [0.29, 0.717) is 12.5 Å². The molecule has 0 unspecified atom stereocenters. The summed E-state index contributed by atoms with van der Waals surface area (Å²) in [5, 5.41) is 0. The fourth-order valence-electron chi connectivity index (χ4n) is 3.91. The molecular weight excluding hydrogens is 292 g/mol. The van der Waals surface area contributed by atoms with Gasteiger partial charge in [0.05, 0.1) is 23.1 Å². The number of aromatic amines is 1. The number of ether oxygens (including phenoxy) is 1. The minimum atomic E-state index is -0.216. The Bertz CT molecular complexity index is 672. The first-order chi connectivity index (χ1) is 11.2. The fraction of sp³-hybridized carbons (Fsp3) is 0.529. The molecule has 4 rings (SSSR count). The molecule has 0 spiro atoms. The quantitative estimate of drug-likeness (QED) is 0.902. The van der Waals surface area contributed by atoms with Gasteiger partial charge in [-0.2, -0.15) is 0 Å². The Morgan fingerprint density at radius 2 is 2.04 bits per heavy atom. The molecule has 0 saturated carbocycles. The smallest absolute Gasteiger partial charge is 0.223 e. The van der Waals surface area contributed by atoms with Crippen molar-refractivity contribution in [3.63, 3.8) is 0 Å². The number of amides is 1. The molecule has 2 aliphatic heterocycles. The van der Waals surface area contributed by atoms with E-state index in [1.807, 2.05) is 24.3 Å². The molecule has 1 aromatic carbocycles. The number of imidazole rings is 1. The number of hydrogen-bond acceptors (Lipinski definition) is 4. The summed E-state index contributed by atoms with van der Waals surface area (Å²) in [6.07, 6.45) is 2.78. The highest BCUT2D eigenvalue weighted by Crippen LogP contribution is 2.34. The van der Waals surface area contributed by atoms with Gasteiger partial charge in [-0.15, -0.1) is 0 Å². The van der Waals surface area contributed by atoms with E-state index in [-0.39, 0.29) is 17.9 Å². The number of anilines is 1. The van der Waals surface area contributed by atoms with Crippen LogP contribution in [0.3, 0.4) is 0 Å². The number of benzene rings is 1. The summed E-state index contributed by atoms with van der Waals surface area (Å²) in [6.45, 7) is 2.51. The number of rotatable bonds is 3. The third-order valence-corrected chi connectivity index (χ3v) is 5.18. The standard InChI is InChI=1S/C17H22N4O2/c18-16(22)12-7-10-23-15(12)11-5-8-21(9-6-11)17-19-13-3-1-2-4-14(13)20-17/h1-4,11-12,15H,5-10H2,(H2,18,22)(H,19,20)/t12-,15+/m0/s1. The van der Waals surface area contributed by atoms with Crippen molar-refractivity contribution >= 4 is 22.9 Å². The Balaban J connectivity index is 1.43. The molecule has 3 heterocycles. The normalized spacial score (nSPS) is 26.0. The third-order valence-electron chi connectivity index (χ3n) is 5.18. The largest absolute Gasteiger partial charge is 0.377 e. The first-order valence-electron chi connectivity index (χ1n) is 8.33. The van der Waals surface area contributed by atoms with Gasteiger partial charge < -0.3 is 20.4 Å². The van der Waals surface area contributed by atoms with Gasteiger partial charge in [0, 0.05) is 19.7 Å². The lowest BCUT2D eigenvalue weighted by molar-refractivity contribution is -0.124. The molecule has 23 heavy (non-hydrogen) atoms. The molecule has 1 aromatic heterocycles. The van der Waals surface area contributed by atoms with Gasteiger partial charge >= 0.3 is 0 Å². The van der Waals surface area contributed by atoms with E-state index in [4.69, 9.17) is 10.5 Å². The van der Waals surface area contributed by atoms with Crippen LogP contribution < -0.4 is 10.6 Å². The van der Waals surface area contributed by atoms with E-state index in [9.17, 15) is 4.79 Å². The molecule has 6 heteroatoms. The number of nitrogens with zero attached hydrogens (tertiary/aromatic N) is 2. The number of nitrogens with two attached hydrogens (primary N) is 1. The SMILES string of the molecule is NC(=O)[C@H]1CCO[C@@H]1C1CCN(c2nc3ccccc3[nH]2)CC1. The van der Waals surface area contributed by atoms with Crippen molar-refractivity contribution in [3.8, 4) is 0 Å². The van der Waals surface area contributed by atoms with Gasteiger partial charge in [-0.05, 0) is 37.3 Å². The van der Waals surface area contributed by atoms with Gasteiger partial charge in [-0.3, -0.25) is 4.79 Å². The monoisotopic (exact) mass is 314 g/mol. The van der Waals surface area contributed by atoms with Crippen molar-refractivity contribution in [2.45, 2.75) is 25.4 Å². The number of hydrogen-bond donors (Lipinski definition) is 2. The first-order valence-corrected chi connectivity index (χ1v) is 8.33. The Kier molecular flexibility index (Phi) is 3.69. The van der Waals surface area contributed by atoms with Crippen LogP contribution in [-0.4, -0.2) is 41.7 Å². The maximum absolute atomic E-state index is 11.6. The zero-order valence-corrected chi connectivity index (χ0v) is 13.1. The lowest BCUT2D eigenvalue weighted by Gasteiger charge is -2.35. The summed E-state index contributed by atoms with van der Waals surface area (Å²) in [7, 11) is 0. The highest BCUT2D eigenvalue weighted by molar-refractivity contribution is 5.78. The molecule has 6 nitrogen and oxygen atoms in total. The molecule has 2 fully saturated rings. The Labute approximate surface area is 135 Å². The van der Waals surface area contributed by atoms with E-state index in [0.717, 1.165) is 49.3 Å². The molecule has 2 aliphatic rings. The van der Waals surface area contributed by atoms with E-state index >= 15 is 0 Å². The zero-order valence-electron chi connectivity index (χ0n) is 13.1. The maximum atomic E-state index is 11.6. The van der Waals surface area contributed by atoms with E-state index in [1.165, 1.54) is 0 Å². The number of para-hydroxylation sites is 2. The number of nitrogens with one attached hydrogen (secondary N) is 1. The van der Waals surface area contributed by atoms with Crippen molar-refractivity contribution in [1.29, 1.82) is 0 Å². The Morgan fingerprint density at radius 1 is 1.26 bits per heavy atom. The average molecular weight is 314 g/mol. The molecule has 2 atom stereocenters. The maximum Gasteiger partial charge on any atom is 0.223 e. The molecule has 1 amide bonds. The lowest BCUT2D eigenvalue weighted by Crippen LogP contribution is -2.42. The van der Waals surface area contributed by atoms with Crippen molar-refractivity contribution < 1.29 is 9.53 Å². The molecule has 0 radical (unpaired) electrons. The van der Waals surface area contributed by atoms with Gasteiger partial charge in [0.25, 0.3) is 0 Å².